The lowest BCUT2D eigenvalue weighted by Crippen LogP contribution is -2.22. The smallest absolute Gasteiger partial charge is 0.434 e. The summed E-state index contributed by atoms with van der Waals surface area (Å²) in [5, 5.41) is 12.4. The van der Waals surface area contributed by atoms with E-state index < -0.39 is 52.1 Å². The van der Waals surface area contributed by atoms with Crippen LogP contribution in [0.25, 0.3) is 11.3 Å². The zero-order valence-corrected chi connectivity index (χ0v) is 27.2. The number of aromatic nitrogens is 3. The summed E-state index contributed by atoms with van der Waals surface area (Å²) >= 11 is 14.3. The van der Waals surface area contributed by atoms with Crippen molar-refractivity contribution >= 4 is 51.1 Å². The van der Waals surface area contributed by atoms with E-state index in [0.717, 1.165) is 25.2 Å². The van der Waals surface area contributed by atoms with E-state index in [1.165, 1.54) is 37.4 Å². The maximum atomic E-state index is 14.3. The van der Waals surface area contributed by atoms with Gasteiger partial charge in [-0.25, -0.2) is 23.4 Å². The highest BCUT2D eigenvalue weighted by Crippen LogP contribution is 2.41. The highest BCUT2D eigenvalue weighted by atomic mass is 79.9. The number of ether oxygens (including phenoxy) is 3. The van der Waals surface area contributed by atoms with E-state index in [4.69, 9.17) is 42.5 Å². The third-order valence-electron chi connectivity index (χ3n) is 5.61. The molecule has 4 rings (SSSR count). The summed E-state index contributed by atoms with van der Waals surface area (Å²) in [5.74, 6) is -2.99. The van der Waals surface area contributed by atoms with Crippen molar-refractivity contribution in [2.24, 2.45) is 7.05 Å². The molecule has 17 heteroatoms. The van der Waals surface area contributed by atoms with E-state index in [2.05, 4.69) is 26.0 Å². The summed E-state index contributed by atoms with van der Waals surface area (Å²) < 4.78 is 82.6. The van der Waals surface area contributed by atoms with Crippen LogP contribution in [0.5, 0.6) is 17.4 Å². The van der Waals surface area contributed by atoms with Crippen molar-refractivity contribution in [3.63, 3.8) is 0 Å². The maximum Gasteiger partial charge on any atom is 0.434 e. The molecule has 1 atom stereocenters. The van der Waals surface area contributed by atoms with Crippen molar-refractivity contribution in [3.8, 4) is 28.6 Å². The summed E-state index contributed by atoms with van der Waals surface area (Å²) in [6, 6.07) is 9.01. The molecule has 0 aliphatic carbocycles. The monoisotopic (exact) mass is 753 g/mol. The Morgan fingerprint density at radius 2 is 1.61 bits per heavy atom. The number of alkyl halides is 3. The number of carbonyl (C=O) groups is 2. The molecule has 2 heterocycles. The van der Waals surface area contributed by atoms with Crippen molar-refractivity contribution in [2.75, 3.05) is 0 Å². The molecule has 0 bridgehead atoms. The van der Waals surface area contributed by atoms with E-state index >= 15 is 0 Å². The number of halogens is 8. The van der Waals surface area contributed by atoms with Gasteiger partial charge in [-0.1, -0.05) is 23.2 Å². The van der Waals surface area contributed by atoms with Gasteiger partial charge in [0.05, 0.1) is 26.2 Å². The standard InChI is InChI=1S/C15H12BrClF4N2O2.C14H11ClFNO4/c1-6(2)25-14(24)7-4-8(10(18)5-9(7)17)12-11(16)13(15(19,20)21)23(3)22-12;1-8(14(18)19)20-10-2-4-11(5-3-10)21-13-12(16)6-9(15)7-17-13/h4-6H,1-3H3;2-8H,1H3,(H,18,19)/t;8-/m.1/s1. The number of nitrogens with zero attached hydrogens (tertiary/aromatic N) is 3. The molecule has 2 aromatic heterocycles. The SMILES string of the molecule is CC(C)OC(=O)c1cc(-c2nn(C)c(C(F)(F)F)c2Br)c(F)cc1Cl.C[C@@H](Oc1ccc(Oc2ncc(Cl)cc2F)cc1)C(=O)O. The van der Waals surface area contributed by atoms with E-state index in [1.54, 1.807) is 13.8 Å². The molecule has 0 amide bonds. The molecule has 0 spiro atoms. The van der Waals surface area contributed by atoms with Gasteiger partial charge < -0.3 is 19.3 Å². The lowest BCUT2D eigenvalue weighted by atomic mass is 10.1. The quantitative estimate of drug-likeness (QED) is 0.140. The Kier molecular flexibility index (Phi) is 12.0. The molecule has 0 aliphatic rings. The molecule has 2 aromatic carbocycles. The van der Waals surface area contributed by atoms with Crippen LogP contribution in [-0.2, 0) is 22.8 Å². The van der Waals surface area contributed by atoms with Crippen molar-refractivity contribution in [1.29, 1.82) is 0 Å². The van der Waals surface area contributed by atoms with Gasteiger partial charge in [-0.2, -0.15) is 18.3 Å². The number of rotatable bonds is 8. The van der Waals surface area contributed by atoms with Crippen LogP contribution in [0.3, 0.4) is 0 Å². The summed E-state index contributed by atoms with van der Waals surface area (Å²) in [4.78, 5) is 26.4. The molecular weight excluding hydrogens is 732 g/mol. The number of aryl methyl sites for hydroxylation is 1. The Morgan fingerprint density at radius 1 is 1.00 bits per heavy atom. The predicted octanol–water partition coefficient (Wildman–Crippen LogP) is 8.74. The molecule has 46 heavy (non-hydrogen) atoms. The average Bonchev–Trinajstić information content (AvgIpc) is 3.24. The molecule has 4 aromatic rings. The first-order valence-electron chi connectivity index (χ1n) is 12.9. The Bertz CT molecular complexity index is 1740. The van der Waals surface area contributed by atoms with Gasteiger partial charge in [0, 0.05) is 18.8 Å². The second-order valence-electron chi connectivity index (χ2n) is 9.51. The van der Waals surface area contributed by atoms with Crippen molar-refractivity contribution in [1.82, 2.24) is 14.8 Å². The van der Waals surface area contributed by atoms with Gasteiger partial charge in [0.2, 0.25) is 0 Å². The van der Waals surface area contributed by atoms with E-state index in [1.807, 2.05) is 0 Å². The summed E-state index contributed by atoms with van der Waals surface area (Å²) in [5.41, 5.74) is -1.86. The zero-order valence-electron chi connectivity index (χ0n) is 24.1. The van der Waals surface area contributed by atoms with Gasteiger partial charge in [0.15, 0.2) is 17.6 Å². The number of aliphatic carboxylic acids is 1. The van der Waals surface area contributed by atoms with Crippen LogP contribution in [0.4, 0.5) is 22.0 Å². The lowest BCUT2D eigenvalue weighted by molar-refractivity contribution is -0.145. The molecule has 0 unspecified atom stereocenters. The van der Waals surface area contributed by atoms with E-state index in [0.29, 0.717) is 16.2 Å². The van der Waals surface area contributed by atoms with Crippen LogP contribution in [-0.4, -0.2) is 44.0 Å². The Balaban J connectivity index is 0.000000254. The fourth-order valence-corrected chi connectivity index (χ4v) is 4.72. The summed E-state index contributed by atoms with van der Waals surface area (Å²) in [7, 11) is 1.08. The van der Waals surface area contributed by atoms with Gasteiger partial charge >= 0.3 is 18.1 Å². The molecule has 9 nitrogen and oxygen atoms in total. The minimum absolute atomic E-state index is 0.169. The summed E-state index contributed by atoms with van der Waals surface area (Å²) in [6.45, 7) is 4.64. The molecular formula is C29H23BrCl2F5N3O6. The molecule has 0 radical (unpaired) electrons. The van der Waals surface area contributed by atoms with Crippen LogP contribution in [0, 0.1) is 11.6 Å². The minimum Gasteiger partial charge on any atom is -0.479 e. The first kappa shape index (κ1) is 36.5. The maximum absolute atomic E-state index is 14.3. The largest absolute Gasteiger partial charge is 0.479 e. The predicted molar refractivity (Wildman–Crippen MR) is 160 cm³/mol. The molecule has 0 saturated heterocycles. The number of carboxylic acids is 1. The van der Waals surface area contributed by atoms with Crippen molar-refractivity contribution in [3.05, 3.63) is 86.1 Å². The second-order valence-corrected chi connectivity index (χ2v) is 11.1. The number of carbonyl (C=O) groups excluding carboxylic acids is 1. The fraction of sp³-hybridized carbons (Fsp3) is 0.241. The molecule has 1 N–H and O–H groups in total. The number of hydrogen-bond acceptors (Lipinski definition) is 7. The number of esters is 1. The Hall–Kier alpha value is -3.95. The Labute approximate surface area is 276 Å². The molecule has 0 fully saturated rings. The molecule has 0 aliphatic heterocycles. The van der Waals surface area contributed by atoms with E-state index in [9.17, 15) is 31.5 Å². The van der Waals surface area contributed by atoms with Crippen molar-refractivity contribution in [2.45, 2.75) is 39.2 Å². The number of pyridine rings is 1. The van der Waals surface area contributed by atoms with Gasteiger partial charge in [-0.05, 0) is 79.2 Å². The lowest BCUT2D eigenvalue weighted by Gasteiger charge is -2.11. The zero-order chi connectivity index (χ0) is 34.5. The summed E-state index contributed by atoms with van der Waals surface area (Å²) in [6.07, 6.45) is -4.84. The van der Waals surface area contributed by atoms with Crippen LogP contribution in [0.15, 0.2) is 53.1 Å². The highest BCUT2D eigenvalue weighted by Gasteiger charge is 2.39. The van der Waals surface area contributed by atoms with Crippen LogP contribution in [0.1, 0.15) is 36.8 Å². The molecule has 246 valence electrons. The van der Waals surface area contributed by atoms with Gasteiger partial charge in [0.1, 0.15) is 23.0 Å². The Morgan fingerprint density at radius 3 is 2.13 bits per heavy atom. The number of carboxylic acid groups (broad SMARTS) is 1. The minimum atomic E-state index is -4.69. The second kappa shape index (κ2) is 15.1. The first-order valence-corrected chi connectivity index (χ1v) is 14.4. The molecule has 0 saturated carbocycles. The van der Waals surface area contributed by atoms with Crippen molar-refractivity contribution < 1.29 is 50.9 Å². The van der Waals surface area contributed by atoms with Crippen LogP contribution < -0.4 is 9.47 Å². The third kappa shape index (κ3) is 9.30. The number of benzene rings is 2. The fourth-order valence-electron chi connectivity index (χ4n) is 3.57. The average molecular weight is 755 g/mol. The topological polar surface area (TPSA) is 113 Å². The third-order valence-corrected chi connectivity index (χ3v) is 6.88. The van der Waals surface area contributed by atoms with E-state index in [-0.39, 0.29) is 32.7 Å². The number of hydrogen-bond donors (Lipinski definition) is 1. The van der Waals surface area contributed by atoms with Crippen LogP contribution >= 0.6 is 39.1 Å². The normalized spacial score (nSPS) is 11.8. The highest BCUT2D eigenvalue weighted by molar-refractivity contribution is 9.10. The van der Waals surface area contributed by atoms with Gasteiger partial charge in [-0.15, -0.1) is 0 Å². The van der Waals surface area contributed by atoms with Crippen LogP contribution in [0.2, 0.25) is 10.0 Å². The van der Waals surface area contributed by atoms with Gasteiger partial charge in [-0.3, -0.25) is 4.68 Å². The van der Waals surface area contributed by atoms with Gasteiger partial charge in [0.25, 0.3) is 5.88 Å². The first-order chi connectivity index (χ1) is 21.4.